The van der Waals surface area contributed by atoms with Gasteiger partial charge in [0.1, 0.15) is 16.2 Å². The van der Waals surface area contributed by atoms with E-state index in [0.29, 0.717) is 40.6 Å². The molecule has 9 heteroatoms. The Balaban J connectivity index is 1.48. The summed E-state index contributed by atoms with van der Waals surface area (Å²) in [7, 11) is 0. The van der Waals surface area contributed by atoms with E-state index in [9.17, 15) is 14.4 Å². The smallest absolute Gasteiger partial charge is 0.262 e. The second kappa shape index (κ2) is 8.05. The summed E-state index contributed by atoms with van der Waals surface area (Å²) >= 11 is 0. The fraction of sp³-hybridized carbons (Fsp3) is 0.226. The lowest BCUT2D eigenvalue weighted by atomic mass is 9.83. The minimum atomic E-state index is -1.61. The highest BCUT2D eigenvalue weighted by Crippen LogP contribution is 2.85. The van der Waals surface area contributed by atoms with Crippen molar-refractivity contribution in [2.75, 3.05) is 15.0 Å². The van der Waals surface area contributed by atoms with Crippen LogP contribution in [0.25, 0.3) is 0 Å². The van der Waals surface area contributed by atoms with Crippen molar-refractivity contribution in [3.05, 3.63) is 91.0 Å². The van der Waals surface area contributed by atoms with E-state index in [0.717, 1.165) is 0 Å². The molecule has 0 radical (unpaired) electrons. The van der Waals surface area contributed by atoms with Crippen LogP contribution >= 0.6 is 0 Å². The molecule has 3 aliphatic heterocycles. The number of fused-ring (bicyclic) bond motifs is 3. The van der Waals surface area contributed by atoms with E-state index in [1.807, 2.05) is 61.5 Å². The van der Waals surface area contributed by atoms with E-state index in [1.54, 1.807) is 50.2 Å². The summed E-state index contributed by atoms with van der Waals surface area (Å²) in [5, 5.41) is 18.2. The second-order valence-electron chi connectivity index (χ2n) is 10.4. The standard InChI is InChI=1S/C31H26N6O3/c1-4-25-31(28(40)37(34-25)24-18-12-7-13-19-24)29(20(2)32-35(26(29)38)22-14-8-5-9-15-22)30(31)21(3)33-36(27(30)39)23-16-10-6-11-17-23/h5-19H,4H2,1-3H3. The second-order valence-corrected chi connectivity index (χ2v) is 10.4. The Kier molecular flexibility index (Phi) is 4.86. The Morgan fingerprint density at radius 1 is 0.525 bits per heavy atom. The van der Waals surface area contributed by atoms with Crippen molar-refractivity contribution < 1.29 is 14.4 Å². The average Bonchev–Trinajstić information content (AvgIpc) is 3.12. The fourth-order valence-corrected chi connectivity index (χ4v) is 7.30. The van der Waals surface area contributed by atoms with Crippen molar-refractivity contribution in [3.63, 3.8) is 0 Å². The molecule has 9 nitrogen and oxygen atoms in total. The monoisotopic (exact) mass is 530 g/mol. The summed E-state index contributed by atoms with van der Waals surface area (Å²) in [6.07, 6.45) is 0.358. The first-order valence-corrected chi connectivity index (χ1v) is 13.3. The van der Waals surface area contributed by atoms with E-state index < -0.39 is 34.0 Å². The Morgan fingerprint density at radius 3 is 1.20 bits per heavy atom. The molecule has 1 fully saturated rings. The SMILES string of the molecule is CCC1=NN(c2ccccc2)C(=O)C12C1(C(=O)N(c3ccccc3)N=C1C)C21C(=O)N(c2ccccc2)N=C1C. The zero-order chi connectivity index (χ0) is 27.9. The molecule has 0 saturated heterocycles. The average molecular weight is 531 g/mol. The third-order valence-electron chi connectivity index (χ3n) is 8.74. The van der Waals surface area contributed by atoms with Crippen LogP contribution in [0.5, 0.6) is 0 Å². The van der Waals surface area contributed by atoms with Gasteiger partial charge in [0, 0.05) is 0 Å². The predicted octanol–water partition coefficient (Wildman–Crippen LogP) is 4.62. The van der Waals surface area contributed by atoms with E-state index >= 15 is 0 Å². The zero-order valence-corrected chi connectivity index (χ0v) is 22.3. The number of nitrogens with zero attached hydrogens (tertiary/aromatic N) is 6. The van der Waals surface area contributed by atoms with Gasteiger partial charge < -0.3 is 0 Å². The highest BCUT2D eigenvalue weighted by Gasteiger charge is 3.04. The number of hydrazone groups is 3. The molecule has 3 aromatic rings. The molecule has 1 aliphatic carbocycles. The van der Waals surface area contributed by atoms with Crippen molar-refractivity contribution in [1.82, 2.24) is 0 Å². The molecular formula is C31H26N6O3. The summed E-state index contributed by atoms with van der Waals surface area (Å²) in [6.45, 7) is 5.35. The van der Waals surface area contributed by atoms with Gasteiger partial charge in [-0.2, -0.15) is 30.3 Å². The Bertz CT molecular complexity index is 1600. The van der Waals surface area contributed by atoms with Crippen LogP contribution < -0.4 is 15.0 Å². The van der Waals surface area contributed by atoms with Crippen LogP contribution in [0, 0.1) is 16.2 Å². The molecule has 3 aromatic carbocycles. The van der Waals surface area contributed by atoms with E-state index in [1.165, 1.54) is 15.0 Å². The molecule has 2 atom stereocenters. The highest BCUT2D eigenvalue weighted by atomic mass is 16.2. The van der Waals surface area contributed by atoms with Crippen LogP contribution in [0.2, 0.25) is 0 Å². The van der Waals surface area contributed by atoms with Crippen molar-refractivity contribution >= 4 is 51.9 Å². The summed E-state index contributed by atoms with van der Waals surface area (Å²) in [5.74, 6) is -1.29. The third kappa shape index (κ3) is 2.44. The number of amides is 3. The lowest BCUT2D eigenvalue weighted by Gasteiger charge is -2.19. The van der Waals surface area contributed by atoms with Crippen LogP contribution in [0.3, 0.4) is 0 Å². The van der Waals surface area contributed by atoms with Gasteiger partial charge in [0.2, 0.25) is 0 Å². The number of carbonyl (C=O) groups is 3. The van der Waals surface area contributed by atoms with Gasteiger partial charge in [-0.15, -0.1) is 0 Å². The molecule has 3 spiro atoms. The molecule has 4 aliphatic rings. The van der Waals surface area contributed by atoms with Crippen LogP contribution in [-0.4, -0.2) is 34.9 Å². The normalized spacial score (nSPS) is 28.7. The predicted molar refractivity (Wildman–Crippen MR) is 153 cm³/mol. The summed E-state index contributed by atoms with van der Waals surface area (Å²) in [4.78, 5) is 44.3. The maximum absolute atomic E-state index is 14.8. The molecule has 0 bridgehead atoms. The molecule has 3 amide bonds. The van der Waals surface area contributed by atoms with Gasteiger partial charge in [0.05, 0.1) is 34.2 Å². The molecule has 3 heterocycles. The lowest BCUT2D eigenvalue weighted by Crippen LogP contribution is -2.40. The van der Waals surface area contributed by atoms with Crippen molar-refractivity contribution in [2.24, 2.45) is 31.5 Å². The first kappa shape index (κ1) is 24.1. The lowest BCUT2D eigenvalue weighted by molar-refractivity contribution is -0.126. The molecule has 0 N–H and O–H groups in total. The molecule has 2 unspecified atom stereocenters. The van der Waals surface area contributed by atoms with E-state index in [2.05, 4.69) is 0 Å². The zero-order valence-electron chi connectivity index (χ0n) is 22.3. The molecule has 7 rings (SSSR count). The maximum Gasteiger partial charge on any atom is 0.262 e. The maximum atomic E-state index is 14.8. The quantitative estimate of drug-likeness (QED) is 0.492. The van der Waals surface area contributed by atoms with Crippen LogP contribution in [0.4, 0.5) is 17.1 Å². The first-order valence-electron chi connectivity index (χ1n) is 13.3. The van der Waals surface area contributed by atoms with Gasteiger partial charge in [-0.05, 0) is 56.7 Å². The van der Waals surface area contributed by atoms with Crippen molar-refractivity contribution in [2.45, 2.75) is 27.2 Å². The number of hydrogen-bond acceptors (Lipinski definition) is 6. The molecule has 198 valence electrons. The van der Waals surface area contributed by atoms with E-state index in [-0.39, 0.29) is 0 Å². The van der Waals surface area contributed by atoms with Gasteiger partial charge in [-0.1, -0.05) is 61.5 Å². The topological polar surface area (TPSA) is 98.0 Å². The van der Waals surface area contributed by atoms with Gasteiger partial charge >= 0.3 is 0 Å². The highest BCUT2D eigenvalue weighted by molar-refractivity contribution is 6.48. The summed E-state index contributed by atoms with van der Waals surface area (Å²) < 4.78 is 0. The summed E-state index contributed by atoms with van der Waals surface area (Å²) in [5.41, 5.74) is -1.90. The third-order valence-corrected chi connectivity index (χ3v) is 8.74. The number of hydrogen-bond donors (Lipinski definition) is 0. The van der Waals surface area contributed by atoms with Gasteiger partial charge in [-0.25, -0.2) is 0 Å². The van der Waals surface area contributed by atoms with Gasteiger partial charge in [0.15, 0.2) is 0 Å². The van der Waals surface area contributed by atoms with Crippen LogP contribution in [-0.2, 0) is 14.4 Å². The Morgan fingerprint density at radius 2 is 0.850 bits per heavy atom. The molecule has 0 aromatic heterocycles. The Hall–Kier alpha value is -4.92. The number of anilines is 3. The van der Waals surface area contributed by atoms with Crippen molar-refractivity contribution in [1.29, 1.82) is 0 Å². The largest absolute Gasteiger partial charge is 0.271 e. The molecular weight excluding hydrogens is 504 g/mol. The number of para-hydroxylation sites is 3. The van der Waals surface area contributed by atoms with Crippen LogP contribution in [0.1, 0.15) is 27.2 Å². The van der Waals surface area contributed by atoms with E-state index in [4.69, 9.17) is 15.3 Å². The Labute approximate surface area is 231 Å². The minimum absolute atomic E-state index is 0.358. The van der Waals surface area contributed by atoms with Gasteiger partial charge in [-0.3, -0.25) is 14.4 Å². The fourth-order valence-electron chi connectivity index (χ4n) is 7.30. The van der Waals surface area contributed by atoms with Crippen molar-refractivity contribution in [3.8, 4) is 0 Å². The minimum Gasteiger partial charge on any atom is -0.271 e. The number of carbonyl (C=O) groups excluding carboxylic acids is 3. The first-order chi connectivity index (χ1) is 19.4. The van der Waals surface area contributed by atoms with Gasteiger partial charge in [0.25, 0.3) is 17.7 Å². The molecule has 1 saturated carbocycles. The summed E-state index contributed by atoms with van der Waals surface area (Å²) in [6, 6.07) is 27.2. The number of benzene rings is 3. The number of rotatable bonds is 4. The van der Waals surface area contributed by atoms with Crippen LogP contribution in [0.15, 0.2) is 106 Å². The molecule has 40 heavy (non-hydrogen) atoms.